The fourth-order valence-electron chi connectivity index (χ4n) is 3.48. The van der Waals surface area contributed by atoms with Crippen LogP contribution in [0.3, 0.4) is 0 Å². The molecule has 2 heterocycles. The Kier molecular flexibility index (Phi) is 6.18. The largest absolute Gasteiger partial charge is 0.341 e. The molecule has 2 aliphatic heterocycles. The maximum absolute atomic E-state index is 12.3. The van der Waals surface area contributed by atoms with Gasteiger partial charge in [0, 0.05) is 13.1 Å². The molecule has 5 heteroatoms. The Morgan fingerprint density at radius 3 is 2.55 bits per heavy atom. The molecule has 0 aliphatic carbocycles. The quantitative estimate of drug-likeness (QED) is 0.830. The average molecular weight is 299 g/mol. The molecule has 2 fully saturated rings. The molecule has 2 saturated heterocycles. The van der Waals surface area contributed by atoms with E-state index in [4.69, 9.17) is 5.73 Å². The first-order chi connectivity index (χ1) is 9.61. The molecule has 2 N–H and O–H groups in total. The smallest absolute Gasteiger partial charge is 0.239 e. The van der Waals surface area contributed by atoms with Crippen LogP contribution in [-0.2, 0) is 4.79 Å². The van der Waals surface area contributed by atoms with Crippen molar-refractivity contribution in [1.29, 1.82) is 0 Å². The normalized spacial score (nSPS) is 26.9. The van der Waals surface area contributed by atoms with Gasteiger partial charge in [-0.15, -0.1) is 0 Å². The van der Waals surface area contributed by atoms with Crippen LogP contribution >= 0.6 is 11.8 Å². The summed E-state index contributed by atoms with van der Waals surface area (Å²) in [7, 11) is 2.20. The van der Waals surface area contributed by atoms with E-state index in [-0.39, 0.29) is 11.9 Å². The van der Waals surface area contributed by atoms with Crippen molar-refractivity contribution >= 4 is 17.7 Å². The highest BCUT2D eigenvalue weighted by atomic mass is 32.2. The minimum atomic E-state index is -0.293. The van der Waals surface area contributed by atoms with Gasteiger partial charge in [0.25, 0.3) is 0 Å². The first-order valence-electron chi connectivity index (χ1n) is 7.83. The summed E-state index contributed by atoms with van der Waals surface area (Å²) in [6.07, 6.45) is 6.62. The molecule has 0 radical (unpaired) electrons. The van der Waals surface area contributed by atoms with Crippen molar-refractivity contribution in [3.63, 3.8) is 0 Å². The summed E-state index contributed by atoms with van der Waals surface area (Å²) in [5.41, 5.74) is 6.01. The van der Waals surface area contributed by atoms with Crippen molar-refractivity contribution in [2.45, 2.75) is 31.7 Å². The number of amides is 1. The minimum Gasteiger partial charge on any atom is -0.341 e. The van der Waals surface area contributed by atoms with Crippen LogP contribution in [0, 0.1) is 11.8 Å². The highest BCUT2D eigenvalue weighted by Gasteiger charge is 2.34. The van der Waals surface area contributed by atoms with Gasteiger partial charge in [0.1, 0.15) is 0 Å². The Balaban J connectivity index is 1.78. The lowest BCUT2D eigenvalue weighted by atomic mass is 9.84. The fourth-order valence-corrected chi connectivity index (χ4v) is 3.96. The van der Waals surface area contributed by atoms with Gasteiger partial charge in [-0.3, -0.25) is 4.79 Å². The number of carbonyl (C=O) groups excluding carboxylic acids is 1. The lowest BCUT2D eigenvalue weighted by molar-refractivity contribution is -0.131. The van der Waals surface area contributed by atoms with E-state index in [0.29, 0.717) is 5.92 Å². The number of thioether (sulfide) groups is 1. The van der Waals surface area contributed by atoms with E-state index in [0.717, 1.165) is 31.2 Å². The fraction of sp³-hybridized carbons (Fsp3) is 0.933. The number of carbonyl (C=O) groups is 1. The first kappa shape index (κ1) is 16.1. The molecule has 2 aliphatic rings. The summed E-state index contributed by atoms with van der Waals surface area (Å²) in [6, 6.07) is -0.293. The summed E-state index contributed by atoms with van der Waals surface area (Å²) < 4.78 is 0. The van der Waals surface area contributed by atoms with Gasteiger partial charge in [0.15, 0.2) is 0 Å². The van der Waals surface area contributed by atoms with Crippen LogP contribution in [0.5, 0.6) is 0 Å². The SMILES string of the molecule is CSCCC(N)C(=O)N1CCC(C2CCN(C)CC2)C1. The van der Waals surface area contributed by atoms with E-state index < -0.39 is 0 Å². The molecule has 0 spiro atoms. The number of nitrogens with zero attached hydrogens (tertiary/aromatic N) is 2. The molecule has 1 amide bonds. The van der Waals surface area contributed by atoms with Crippen molar-refractivity contribution < 1.29 is 4.79 Å². The maximum Gasteiger partial charge on any atom is 0.239 e. The van der Waals surface area contributed by atoms with Gasteiger partial charge in [0.2, 0.25) is 5.91 Å². The van der Waals surface area contributed by atoms with E-state index in [9.17, 15) is 4.79 Å². The van der Waals surface area contributed by atoms with E-state index >= 15 is 0 Å². The van der Waals surface area contributed by atoms with Crippen molar-refractivity contribution in [3.05, 3.63) is 0 Å². The summed E-state index contributed by atoms with van der Waals surface area (Å²) in [5, 5.41) is 0. The van der Waals surface area contributed by atoms with Crippen molar-refractivity contribution in [1.82, 2.24) is 9.80 Å². The summed E-state index contributed by atoms with van der Waals surface area (Å²) in [4.78, 5) is 16.7. The lowest BCUT2D eigenvalue weighted by Crippen LogP contribution is -2.43. The predicted octanol–water partition coefficient (Wildman–Crippen LogP) is 1.26. The standard InChI is InChI=1S/C15H29N3OS/c1-17-7-3-12(4-8-17)13-5-9-18(11-13)15(19)14(16)6-10-20-2/h12-14H,3-11,16H2,1-2H3. The second-order valence-corrected chi connectivity index (χ2v) is 7.35. The van der Waals surface area contributed by atoms with Crippen LogP contribution in [-0.4, -0.2) is 67.0 Å². The van der Waals surface area contributed by atoms with Crippen LogP contribution in [0.1, 0.15) is 25.7 Å². The van der Waals surface area contributed by atoms with Crippen LogP contribution in [0.2, 0.25) is 0 Å². The molecule has 20 heavy (non-hydrogen) atoms. The second kappa shape index (κ2) is 7.66. The van der Waals surface area contributed by atoms with E-state index in [2.05, 4.69) is 18.2 Å². The summed E-state index contributed by atoms with van der Waals surface area (Å²) in [5.74, 6) is 2.67. The monoisotopic (exact) mass is 299 g/mol. The molecule has 2 unspecified atom stereocenters. The minimum absolute atomic E-state index is 0.175. The van der Waals surface area contributed by atoms with Crippen LogP contribution < -0.4 is 5.73 Å². The number of rotatable bonds is 5. The van der Waals surface area contributed by atoms with E-state index in [1.54, 1.807) is 11.8 Å². The van der Waals surface area contributed by atoms with Crippen molar-refractivity contribution in [2.75, 3.05) is 45.2 Å². The molecule has 2 rings (SSSR count). The number of hydrogen-bond acceptors (Lipinski definition) is 4. The molecule has 4 nitrogen and oxygen atoms in total. The Labute approximate surface area is 127 Å². The maximum atomic E-state index is 12.3. The topological polar surface area (TPSA) is 49.6 Å². The zero-order chi connectivity index (χ0) is 14.5. The third kappa shape index (κ3) is 4.12. The third-order valence-electron chi connectivity index (χ3n) is 4.92. The van der Waals surface area contributed by atoms with Gasteiger partial charge >= 0.3 is 0 Å². The Bertz CT molecular complexity index is 318. The number of hydrogen-bond donors (Lipinski definition) is 1. The number of nitrogens with two attached hydrogens (primary N) is 1. The lowest BCUT2D eigenvalue weighted by Gasteiger charge is -2.32. The van der Waals surface area contributed by atoms with Crippen molar-refractivity contribution in [2.24, 2.45) is 17.6 Å². The molecule has 116 valence electrons. The van der Waals surface area contributed by atoms with Crippen LogP contribution in [0.15, 0.2) is 0 Å². The number of piperidine rings is 1. The van der Waals surface area contributed by atoms with Crippen molar-refractivity contribution in [3.8, 4) is 0 Å². The molecule has 2 atom stereocenters. The molecule has 0 saturated carbocycles. The van der Waals surface area contributed by atoms with E-state index in [1.165, 1.54) is 32.4 Å². The molecule has 0 aromatic rings. The van der Waals surface area contributed by atoms with Gasteiger partial charge in [-0.2, -0.15) is 11.8 Å². The highest BCUT2D eigenvalue weighted by molar-refractivity contribution is 7.98. The second-order valence-electron chi connectivity index (χ2n) is 6.36. The summed E-state index contributed by atoms with van der Waals surface area (Å²) >= 11 is 1.76. The first-order valence-corrected chi connectivity index (χ1v) is 9.23. The van der Waals surface area contributed by atoms with Gasteiger partial charge in [0.05, 0.1) is 6.04 Å². The van der Waals surface area contributed by atoms with Crippen LogP contribution in [0.4, 0.5) is 0 Å². The Hall–Kier alpha value is -0.260. The van der Waals surface area contributed by atoms with Gasteiger partial charge in [-0.25, -0.2) is 0 Å². The zero-order valence-electron chi connectivity index (χ0n) is 12.9. The van der Waals surface area contributed by atoms with E-state index in [1.807, 2.05) is 4.90 Å². The zero-order valence-corrected chi connectivity index (χ0v) is 13.7. The molecule has 0 bridgehead atoms. The highest BCUT2D eigenvalue weighted by Crippen LogP contribution is 2.31. The Morgan fingerprint density at radius 1 is 1.25 bits per heavy atom. The van der Waals surface area contributed by atoms with Gasteiger partial charge < -0.3 is 15.5 Å². The average Bonchev–Trinajstić information content (AvgIpc) is 2.94. The van der Waals surface area contributed by atoms with Crippen LogP contribution in [0.25, 0.3) is 0 Å². The number of likely N-dealkylation sites (tertiary alicyclic amines) is 2. The van der Waals surface area contributed by atoms with Gasteiger partial charge in [-0.1, -0.05) is 0 Å². The predicted molar refractivity (Wildman–Crippen MR) is 85.9 cm³/mol. The molecule has 0 aromatic carbocycles. The Morgan fingerprint density at radius 2 is 1.90 bits per heavy atom. The molecular weight excluding hydrogens is 270 g/mol. The third-order valence-corrected chi connectivity index (χ3v) is 5.56. The molecule has 0 aromatic heterocycles. The molecular formula is C15H29N3OS. The van der Waals surface area contributed by atoms with Gasteiger partial charge in [-0.05, 0) is 69.7 Å². The summed E-state index contributed by atoms with van der Waals surface area (Å²) in [6.45, 7) is 4.29.